The second-order valence-corrected chi connectivity index (χ2v) is 4.98. The van der Waals surface area contributed by atoms with Gasteiger partial charge in [-0.2, -0.15) is 0 Å². The molecule has 88 valence electrons. The van der Waals surface area contributed by atoms with E-state index in [4.69, 9.17) is 5.73 Å². The molecular formula is C14H22N2. The molecule has 1 aromatic carbocycles. The smallest absolute Gasteiger partial charge is 0.0233 e. The van der Waals surface area contributed by atoms with Crippen molar-refractivity contribution in [2.75, 3.05) is 13.1 Å². The van der Waals surface area contributed by atoms with Gasteiger partial charge >= 0.3 is 0 Å². The predicted molar refractivity (Wildman–Crippen MR) is 68.2 cm³/mol. The van der Waals surface area contributed by atoms with Crippen LogP contribution in [-0.4, -0.2) is 23.5 Å². The van der Waals surface area contributed by atoms with Crippen molar-refractivity contribution in [1.82, 2.24) is 4.90 Å². The van der Waals surface area contributed by atoms with Gasteiger partial charge in [-0.25, -0.2) is 0 Å². The van der Waals surface area contributed by atoms with Crippen molar-refractivity contribution >= 4 is 0 Å². The van der Waals surface area contributed by atoms with Crippen LogP contribution in [0.5, 0.6) is 0 Å². The minimum atomic E-state index is 0.104. The molecule has 0 amide bonds. The number of nitrogens with zero attached hydrogens (tertiary/aromatic N) is 1. The van der Waals surface area contributed by atoms with E-state index >= 15 is 0 Å². The summed E-state index contributed by atoms with van der Waals surface area (Å²) in [6, 6.07) is 10.7. The lowest BCUT2D eigenvalue weighted by atomic mass is 9.86. The van der Waals surface area contributed by atoms with Gasteiger partial charge in [0.2, 0.25) is 0 Å². The second-order valence-electron chi connectivity index (χ2n) is 4.98. The molecule has 2 heteroatoms. The third-order valence-electron chi connectivity index (χ3n) is 3.80. The largest absolute Gasteiger partial charge is 0.325 e. The minimum absolute atomic E-state index is 0.104. The van der Waals surface area contributed by atoms with E-state index in [9.17, 15) is 0 Å². The van der Waals surface area contributed by atoms with Crippen LogP contribution in [0, 0.1) is 0 Å². The Hall–Kier alpha value is -0.860. The summed E-state index contributed by atoms with van der Waals surface area (Å²) in [5, 5.41) is 0. The Morgan fingerprint density at radius 3 is 2.38 bits per heavy atom. The van der Waals surface area contributed by atoms with Crippen LogP contribution in [0.2, 0.25) is 0 Å². The molecule has 2 N–H and O–H groups in total. The molecule has 16 heavy (non-hydrogen) atoms. The molecule has 1 aliphatic rings. The fourth-order valence-corrected chi connectivity index (χ4v) is 2.35. The van der Waals surface area contributed by atoms with Crippen LogP contribution in [0.25, 0.3) is 0 Å². The third kappa shape index (κ3) is 2.83. The molecule has 1 fully saturated rings. The van der Waals surface area contributed by atoms with Gasteiger partial charge in [-0.1, -0.05) is 37.3 Å². The standard InChI is InChI=1S/C14H22N2/c1-2-14(15)8-10-16(11-9-14)12-13-6-4-3-5-7-13/h3-7H,2,8-12,15H2,1H3. The highest BCUT2D eigenvalue weighted by Gasteiger charge is 2.28. The molecular weight excluding hydrogens is 196 g/mol. The summed E-state index contributed by atoms with van der Waals surface area (Å²) < 4.78 is 0. The van der Waals surface area contributed by atoms with Crippen molar-refractivity contribution in [1.29, 1.82) is 0 Å². The lowest BCUT2D eigenvalue weighted by Gasteiger charge is -2.38. The molecule has 2 nitrogen and oxygen atoms in total. The normalized spacial score (nSPS) is 20.9. The van der Waals surface area contributed by atoms with Gasteiger partial charge in [0, 0.05) is 25.2 Å². The Labute approximate surface area is 98.4 Å². The second kappa shape index (κ2) is 4.98. The van der Waals surface area contributed by atoms with E-state index in [0.717, 1.165) is 38.9 Å². The summed E-state index contributed by atoms with van der Waals surface area (Å²) in [5.74, 6) is 0. The maximum atomic E-state index is 6.29. The predicted octanol–water partition coefficient (Wildman–Crippen LogP) is 2.39. The van der Waals surface area contributed by atoms with Crippen molar-refractivity contribution in [2.24, 2.45) is 5.73 Å². The Morgan fingerprint density at radius 2 is 1.81 bits per heavy atom. The fraction of sp³-hybridized carbons (Fsp3) is 0.571. The zero-order valence-electron chi connectivity index (χ0n) is 10.2. The van der Waals surface area contributed by atoms with Crippen LogP contribution in [0.15, 0.2) is 30.3 Å². The van der Waals surface area contributed by atoms with Crippen molar-refractivity contribution in [2.45, 2.75) is 38.3 Å². The average molecular weight is 218 g/mol. The Morgan fingerprint density at radius 1 is 1.19 bits per heavy atom. The van der Waals surface area contributed by atoms with Gasteiger partial charge in [-0.3, -0.25) is 4.90 Å². The molecule has 0 aliphatic carbocycles. The van der Waals surface area contributed by atoms with E-state index in [0.29, 0.717) is 0 Å². The minimum Gasteiger partial charge on any atom is -0.325 e. The average Bonchev–Trinajstić information content (AvgIpc) is 2.34. The number of benzene rings is 1. The first-order valence-electron chi connectivity index (χ1n) is 6.27. The van der Waals surface area contributed by atoms with Crippen molar-refractivity contribution in [3.63, 3.8) is 0 Å². The van der Waals surface area contributed by atoms with Gasteiger partial charge < -0.3 is 5.73 Å². The van der Waals surface area contributed by atoms with Crippen LogP contribution in [0.1, 0.15) is 31.7 Å². The number of nitrogens with two attached hydrogens (primary N) is 1. The molecule has 1 aliphatic heterocycles. The van der Waals surface area contributed by atoms with Gasteiger partial charge in [0.05, 0.1) is 0 Å². The molecule has 0 spiro atoms. The molecule has 0 atom stereocenters. The highest BCUT2D eigenvalue weighted by molar-refractivity contribution is 5.14. The Kier molecular flexibility index (Phi) is 3.62. The molecule has 0 aromatic heterocycles. The summed E-state index contributed by atoms with van der Waals surface area (Å²) >= 11 is 0. The zero-order chi connectivity index (χ0) is 11.4. The van der Waals surface area contributed by atoms with Gasteiger partial charge in [-0.15, -0.1) is 0 Å². The maximum Gasteiger partial charge on any atom is 0.0233 e. The first kappa shape index (κ1) is 11.6. The first-order valence-corrected chi connectivity index (χ1v) is 6.27. The zero-order valence-corrected chi connectivity index (χ0v) is 10.2. The monoisotopic (exact) mass is 218 g/mol. The number of rotatable bonds is 3. The van der Waals surface area contributed by atoms with Gasteiger partial charge in [0.15, 0.2) is 0 Å². The van der Waals surface area contributed by atoms with Crippen LogP contribution in [0.4, 0.5) is 0 Å². The lowest BCUT2D eigenvalue weighted by Crippen LogP contribution is -2.49. The first-order chi connectivity index (χ1) is 7.72. The molecule has 1 heterocycles. The van der Waals surface area contributed by atoms with Gasteiger partial charge in [0.1, 0.15) is 0 Å². The van der Waals surface area contributed by atoms with Crippen molar-refractivity contribution in [3.05, 3.63) is 35.9 Å². The van der Waals surface area contributed by atoms with Crippen molar-refractivity contribution in [3.8, 4) is 0 Å². The van der Waals surface area contributed by atoms with Crippen LogP contribution in [0.3, 0.4) is 0 Å². The summed E-state index contributed by atoms with van der Waals surface area (Å²) in [6.45, 7) is 5.55. The molecule has 0 saturated carbocycles. The number of piperidine rings is 1. The van der Waals surface area contributed by atoms with Crippen LogP contribution in [-0.2, 0) is 6.54 Å². The summed E-state index contributed by atoms with van der Waals surface area (Å²) in [5.41, 5.74) is 7.80. The van der Waals surface area contributed by atoms with Crippen LogP contribution < -0.4 is 5.73 Å². The summed E-state index contributed by atoms with van der Waals surface area (Å²) in [6.07, 6.45) is 3.37. The number of hydrogen-bond donors (Lipinski definition) is 1. The van der Waals surface area contributed by atoms with Gasteiger partial charge in [-0.05, 0) is 24.8 Å². The third-order valence-corrected chi connectivity index (χ3v) is 3.80. The SMILES string of the molecule is CCC1(N)CCN(Cc2ccccc2)CC1. The molecule has 1 aromatic rings. The van der Waals surface area contributed by atoms with E-state index < -0.39 is 0 Å². The van der Waals surface area contributed by atoms with E-state index in [1.165, 1.54) is 5.56 Å². The maximum absolute atomic E-state index is 6.29. The molecule has 2 rings (SSSR count). The topological polar surface area (TPSA) is 29.3 Å². The quantitative estimate of drug-likeness (QED) is 0.844. The Bertz CT molecular complexity index is 313. The Balaban J connectivity index is 1.86. The van der Waals surface area contributed by atoms with Gasteiger partial charge in [0.25, 0.3) is 0 Å². The number of hydrogen-bond acceptors (Lipinski definition) is 2. The fourth-order valence-electron chi connectivity index (χ4n) is 2.35. The molecule has 0 bridgehead atoms. The lowest BCUT2D eigenvalue weighted by molar-refractivity contribution is 0.152. The highest BCUT2D eigenvalue weighted by atomic mass is 15.1. The van der Waals surface area contributed by atoms with Crippen molar-refractivity contribution < 1.29 is 0 Å². The van der Waals surface area contributed by atoms with E-state index in [-0.39, 0.29) is 5.54 Å². The molecule has 0 unspecified atom stereocenters. The van der Waals surface area contributed by atoms with Crippen LogP contribution >= 0.6 is 0 Å². The van der Waals surface area contributed by atoms with E-state index in [2.05, 4.69) is 42.2 Å². The highest BCUT2D eigenvalue weighted by Crippen LogP contribution is 2.23. The molecule has 0 radical (unpaired) electrons. The summed E-state index contributed by atoms with van der Waals surface area (Å²) in [7, 11) is 0. The summed E-state index contributed by atoms with van der Waals surface area (Å²) in [4.78, 5) is 2.51. The molecule has 1 saturated heterocycles. The number of likely N-dealkylation sites (tertiary alicyclic amines) is 1. The van der Waals surface area contributed by atoms with E-state index in [1.54, 1.807) is 0 Å². The van der Waals surface area contributed by atoms with E-state index in [1.807, 2.05) is 0 Å².